The average molecular weight is 804 g/mol. The fraction of sp³-hybridized carbons (Fsp3) is 0.796. The predicted octanol–water partition coefficient (Wildman–Crippen LogP) is 7.81. The van der Waals surface area contributed by atoms with Gasteiger partial charge in [0.05, 0.1) is 34.9 Å². The van der Waals surface area contributed by atoms with Crippen LogP contribution in [0.5, 0.6) is 5.75 Å². The number of epoxide rings is 1. The Kier molecular flexibility index (Phi) is 11.1. The van der Waals surface area contributed by atoms with E-state index in [1.54, 1.807) is 18.2 Å². The summed E-state index contributed by atoms with van der Waals surface area (Å²) < 4.78 is 6.33. The number of rotatable bonds is 12. The van der Waals surface area contributed by atoms with Crippen LogP contribution in [0.4, 0.5) is 5.69 Å². The summed E-state index contributed by atoms with van der Waals surface area (Å²) in [4.78, 5) is 30.5. The maximum Gasteiger partial charge on any atom is 0.233 e. The van der Waals surface area contributed by atoms with Crippen LogP contribution in [-0.4, -0.2) is 79.4 Å². The van der Waals surface area contributed by atoms with Crippen molar-refractivity contribution in [3.05, 3.63) is 35.4 Å². The van der Waals surface area contributed by atoms with Crippen LogP contribution in [0.25, 0.3) is 0 Å². The van der Waals surface area contributed by atoms with Gasteiger partial charge in [-0.25, -0.2) is 0 Å². The first-order chi connectivity index (χ1) is 27.4. The van der Waals surface area contributed by atoms with E-state index in [2.05, 4.69) is 40.7 Å². The normalized spacial score (nSPS) is 40.9. The Morgan fingerprint density at radius 2 is 1.71 bits per heavy atom. The summed E-state index contributed by atoms with van der Waals surface area (Å²) in [5, 5.41) is 59.0. The molecule has 0 bridgehead atoms. The van der Waals surface area contributed by atoms with Crippen LogP contribution in [0.1, 0.15) is 150 Å². The molecule has 5 N–H and O–H groups in total. The summed E-state index contributed by atoms with van der Waals surface area (Å²) in [6.07, 6.45) is 12.9. The van der Waals surface area contributed by atoms with Crippen molar-refractivity contribution >= 4 is 17.4 Å². The number of carbonyl (C=O) groups excluding carboxylic acids is 2. The summed E-state index contributed by atoms with van der Waals surface area (Å²) in [7, 11) is 0. The highest BCUT2D eigenvalue weighted by atomic mass is 16.6. The zero-order valence-electron chi connectivity index (χ0n) is 36.2. The third-order valence-electron chi connectivity index (χ3n) is 18.1. The Labute approximate surface area is 347 Å². The first kappa shape index (κ1) is 42.4. The summed E-state index contributed by atoms with van der Waals surface area (Å²) in [5.74, 6) is 0.284. The second-order valence-corrected chi connectivity index (χ2v) is 21.4. The molecule has 9 heteroatoms. The lowest BCUT2D eigenvalue weighted by Gasteiger charge is -2.61. The molecule has 1 aromatic carbocycles. The van der Waals surface area contributed by atoms with Crippen molar-refractivity contribution in [2.24, 2.45) is 51.8 Å². The number of fused-ring (bicyclic) bond motifs is 5. The second kappa shape index (κ2) is 15.3. The number of ether oxygens (including phenoxy) is 1. The number of phenols is 1. The minimum atomic E-state index is -1.38. The molecule has 2 aliphatic heterocycles. The van der Waals surface area contributed by atoms with E-state index >= 15 is 0 Å². The Morgan fingerprint density at radius 1 is 0.966 bits per heavy atom. The monoisotopic (exact) mass is 804 g/mol. The third kappa shape index (κ3) is 6.57. The largest absolute Gasteiger partial charge is 0.508 e. The number of benzene rings is 1. The highest BCUT2D eigenvalue weighted by Crippen LogP contribution is 2.71. The number of aliphatic hydroxyl groups is 4. The van der Waals surface area contributed by atoms with Crippen LogP contribution in [0, 0.1) is 51.8 Å². The molecule has 13 atom stereocenters. The van der Waals surface area contributed by atoms with Crippen molar-refractivity contribution < 1.29 is 39.9 Å². The minimum absolute atomic E-state index is 0.0766. The van der Waals surface area contributed by atoms with E-state index in [9.17, 15) is 35.1 Å². The van der Waals surface area contributed by atoms with Gasteiger partial charge < -0.3 is 35.2 Å². The number of amides is 1. The number of allylic oxidation sites excluding steroid dienone is 1. The number of ketones is 1. The Hall–Kier alpha value is -2.30. The summed E-state index contributed by atoms with van der Waals surface area (Å²) in [6, 6.07) is 5.59. The zero-order valence-corrected chi connectivity index (χ0v) is 36.2. The van der Waals surface area contributed by atoms with Crippen LogP contribution >= 0.6 is 0 Å². The van der Waals surface area contributed by atoms with Crippen molar-refractivity contribution in [1.29, 1.82) is 0 Å². The lowest BCUT2D eigenvalue weighted by molar-refractivity contribution is -0.168. The number of nitrogens with zero attached hydrogens (tertiary/aromatic N) is 1. The first-order valence-electron chi connectivity index (χ1n) is 23.3. The molecule has 1 spiro atoms. The lowest BCUT2D eigenvalue weighted by atomic mass is 9.44. The number of phenolic OH excluding ortho intramolecular Hbond substituents is 1. The van der Waals surface area contributed by atoms with Gasteiger partial charge in [0.1, 0.15) is 11.9 Å². The molecule has 4 saturated carbocycles. The van der Waals surface area contributed by atoms with Gasteiger partial charge in [-0.05, 0) is 142 Å². The summed E-state index contributed by atoms with van der Waals surface area (Å²) in [5.41, 5.74) is -1.99. The number of aliphatic hydroxyl groups excluding tert-OH is 2. The Morgan fingerprint density at radius 3 is 2.41 bits per heavy atom. The molecule has 7 aliphatic rings. The molecule has 322 valence electrons. The highest BCUT2D eigenvalue weighted by molar-refractivity contribution is 6.00. The van der Waals surface area contributed by atoms with Gasteiger partial charge in [0, 0.05) is 29.6 Å². The topological polar surface area (TPSA) is 151 Å². The smallest absolute Gasteiger partial charge is 0.233 e. The highest BCUT2D eigenvalue weighted by Gasteiger charge is 2.72. The van der Waals surface area contributed by atoms with Crippen molar-refractivity contribution in [2.75, 3.05) is 11.4 Å². The average Bonchev–Trinajstić information content (AvgIpc) is 3.87. The van der Waals surface area contributed by atoms with E-state index < -0.39 is 40.2 Å². The lowest BCUT2D eigenvalue weighted by Crippen LogP contribution is -2.63. The van der Waals surface area contributed by atoms with E-state index in [-0.39, 0.29) is 59.2 Å². The van der Waals surface area contributed by atoms with Gasteiger partial charge >= 0.3 is 0 Å². The second-order valence-electron chi connectivity index (χ2n) is 21.4. The molecular formula is C49H73NO8. The van der Waals surface area contributed by atoms with Gasteiger partial charge in [-0.2, -0.15) is 0 Å². The van der Waals surface area contributed by atoms with Crippen LogP contribution in [-0.2, 0) is 20.7 Å². The van der Waals surface area contributed by atoms with Gasteiger partial charge in [0.25, 0.3) is 0 Å². The molecule has 2 heterocycles. The quantitative estimate of drug-likeness (QED) is 0.106. The number of hydrogen-bond donors (Lipinski definition) is 5. The number of aryl methyl sites for hydroxylation is 1. The van der Waals surface area contributed by atoms with Crippen molar-refractivity contribution in [3.63, 3.8) is 0 Å². The summed E-state index contributed by atoms with van der Waals surface area (Å²) in [6.45, 7) is 13.4. The standard InChI is InChI=1S/C49H73NO8/c1-7-8-10-13-32-28-50(44(55)47(32)17-11-9-12-18-47)33-22-31(23-34(51)24-33)14-19-48-20-15-35-36(25-38(52)37-26-39(53)40(54)27-45(35,37)5)49(48,57)21-16-41(48)46(6,56)43-42(58-43)30(4)29(2)3/h22-25,29-30,32,35,37,39-43,51,53-54,56-57H,7-21,26-28H2,1-6H3. The molecular weight excluding hydrogens is 731 g/mol. The number of hydrogen-bond acceptors (Lipinski definition) is 8. The predicted molar refractivity (Wildman–Crippen MR) is 224 cm³/mol. The SMILES string of the molecule is CCCCCC1CN(c2cc(O)cc(CCC34CCC5C(=CC(=O)C6CC(O)C(O)CC65C)C3(O)CCC4C(C)(O)C3OC3C(C)C(C)C)c2)C(=O)C12CCCCC2. The minimum Gasteiger partial charge on any atom is -0.508 e. The number of carbonyl (C=O) groups is 2. The zero-order chi connectivity index (χ0) is 41.6. The number of anilines is 1. The third-order valence-corrected chi connectivity index (χ3v) is 18.1. The van der Waals surface area contributed by atoms with E-state index in [0.717, 1.165) is 61.8 Å². The molecule has 58 heavy (non-hydrogen) atoms. The number of aromatic hydroxyl groups is 1. The van der Waals surface area contributed by atoms with Crippen LogP contribution < -0.4 is 4.90 Å². The molecule has 9 nitrogen and oxygen atoms in total. The van der Waals surface area contributed by atoms with Crippen molar-refractivity contribution in [1.82, 2.24) is 0 Å². The molecule has 1 amide bonds. The van der Waals surface area contributed by atoms with Gasteiger partial charge in [-0.1, -0.05) is 73.1 Å². The molecule has 2 saturated heterocycles. The van der Waals surface area contributed by atoms with Crippen LogP contribution in [0.15, 0.2) is 29.8 Å². The maximum absolute atomic E-state index is 14.5. The van der Waals surface area contributed by atoms with E-state index in [4.69, 9.17) is 4.74 Å². The van der Waals surface area contributed by atoms with Crippen LogP contribution in [0.2, 0.25) is 0 Å². The fourth-order valence-electron chi connectivity index (χ4n) is 14.4. The number of unbranched alkanes of at least 4 members (excludes halogenated alkanes) is 2. The maximum atomic E-state index is 14.5. The summed E-state index contributed by atoms with van der Waals surface area (Å²) >= 11 is 0. The molecule has 5 aliphatic carbocycles. The Bertz CT molecular complexity index is 1770. The molecule has 8 rings (SSSR count). The van der Waals surface area contributed by atoms with Crippen molar-refractivity contribution in [2.45, 2.75) is 186 Å². The van der Waals surface area contributed by atoms with Crippen LogP contribution in [0.3, 0.4) is 0 Å². The van der Waals surface area contributed by atoms with E-state index in [1.165, 1.54) is 12.8 Å². The van der Waals surface area contributed by atoms with Gasteiger partial charge in [0.2, 0.25) is 5.91 Å². The molecule has 0 radical (unpaired) electrons. The van der Waals surface area contributed by atoms with E-state index in [1.807, 2.05) is 11.8 Å². The van der Waals surface area contributed by atoms with Crippen molar-refractivity contribution in [3.8, 4) is 5.75 Å². The van der Waals surface area contributed by atoms with Gasteiger partial charge in [-0.3, -0.25) is 9.59 Å². The van der Waals surface area contributed by atoms with Gasteiger partial charge in [-0.15, -0.1) is 0 Å². The van der Waals surface area contributed by atoms with E-state index in [0.29, 0.717) is 63.3 Å². The first-order valence-corrected chi connectivity index (χ1v) is 23.3. The molecule has 1 aromatic rings. The van der Waals surface area contributed by atoms with Gasteiger partial charge in [0.15, 0.2) is 5.78 Å². The fourth-order valence-corrected chi connectivity index (χ4v) is 14.4. The Balaban J connectivity index is 1.13. The molecule has 13 unspecified atom stereocenters. The molecule has 6 fully saturated rings. The molecule has 0 aromatic heterocycles.